The van der Waals surface area contributed by atoms with Crippen LogP contribution in [-0.4, -0.2) is 27.3 Å². The highest BCUT2D eigenvalue weighted by Gasteiger charge is 2.24. The fourth-order valence-corrected chi connectivity index (χ4v) is 4.15. The van der Waals surface area contributed by atoms with Crippen LogP contribution in [0.25, 0.3) is 0 Å². The van der Waals surface area contributed by atoms with Gasteiger partial charge in [-0.3, -0.25) is 13.9 Å². The zero-order chi connectivity index (χ0) is 21.9. The molecule has 0 aliphatic carbocycles. The molecule has 30 heavy (non-hydrogen) atoms. The van der Waals surface area contributed by atoms with Gasteiger partial charge in [-0.2, -0.15) is 0 Å². The molecule has 9 heteroatoms. The molecule has 0 fully saturated rings. The van der Waals surface area contributed by atoms with Crippen molar-refractivity contribution in [3.05, 3.63) is 88.9 Å². The predicted octanol–water partition coefficient (Wildman–Crippen LogP) is 3.52. The molecule has 2 amide bonds. The molecule has 0 saturated carbocycles. The Balaban J connectivity index is 1.92. The number of primary amides is 1. The SMILES string of the molecule is CN(c1ccccc1)S(=O)(=O)c1ccc(Cl)c(C(=O)Nc2cccc(C(N)=O)c2)c1. The number of carbonyl (C=O) groups is 2. The smallest absolute Gasteiger partial charge is 0.264 e. The molecule has 7 nitrogen and oxygen atoms in total. The molecule has 0 heterocycles. The maximum atomic E-state index is 13.0. The van der Waals surface area contributed by atoms with E-state index in [0.717, 1.165) is 4.31 Å². The number of carbonyl (C=O) groups excluding carboxylic acids is 2. The van der Waals surface area contributed by atoms with Gasteiger partial charge in [0.05, 0.1) is 21.2 Å². The number of nitrogens with one attached hydrogen (secondary N) is 1. The Kier molecular flexibility index (Phi) is 6.09. The van der Waals surface area contributed by atoms with E-state index in [0.29, 0.717) is 11.4 Å². The van der Waals surface area contributed by atoms with Gasteiger partial charge in [-0.05, 0) is 48.5 Å². The molecule has 0 aromatic heterocycles. The van der Waals surface area contributed by atoms with Crippen LogP contribution in [-0.2, 0) is 10.0 Å². The summed E-state index contributed by atoms with van der Waals surface area (Å²) in [6.07, 6.45) is 0. The quantitative estimate of drug-likeness (QED) is 0.607. The molecule has 0 saturated heterocycles. The van der Waals surface area contributed by atoms with E-state index in [4.69, 9.17) is 17.3 Å². The fraction of sp³-hybridized carbons (Fsp3) is 0.0476. The molecule has 0 unspecified atom stereocenters. The predicted molar refractivity (Wildman–Crippen MR) is 116 cm³/mol. The molecule has 3 aromatic rings. The van der Waals surface area contributed by atoms with Gasteiger partial charge in [0.2, 0.25) is 5.91 Å². The van der Waals surface area contributed by atoms with Crippen molar-refractivity contribution in [3.63, 3.8) is 0 Å². The summed E-state index contributed by atoms with van der Waals surface area (Å²) in [5.41, 5.74) is 6.24. The first-order valence-corrected chi connectivity index (χ1v) is 10.6. The molecular weight excluding hydrogens is 426 g/mol. The van der Waals surface area contributed by atoms with Crippen molar-refractivity contribution >= 4 is 44.8 Å². The zero-order valence-electron chi connectivity index (χ0n) is 15.9. The summed E-state index contributed by atoms with van der Waals surface area (Å²) >= 11 is 6.14. The first kappa shape index (κ1) is 21.4. The lowest BCUT2D eigenvalue weighted by molar-refractivity contribution is 0.0996. The standard InChI is InChI=1S/C21H18ClN3O4S/c1-25(16-8-3-2-4-9-16)30(28,29)17-10-11-19(22)18(13-17)21(27)24-15-7-5-6-14(12-15)20(23)26/h2-13H,1H3,(H2,23,26)(H,24,27). The monoisotopic (exact) mass is 443 g/mol. The number of nitrogens with zero attached hydrogens (tertiary/aromatic N) is 1. The third-order valence-corrected chi connectivity index (χ3v) is 6.48. The van der Waals surface area contributed by atoms with Gasteiger partial charge in [0.15, 0.2) is 0 Å². The third-order valence-electron chi connectivity index (χ3n) is 4.37. The topological polar surface area (TPSA) is 110 Å². The second-order valence-electron chi connectivity index (χ2n) is 6.35. The van der Waals surface area contributed by atoms with Gasteiger partial charge >= 0.3 is 0 Å². The molecule has 154 valence electrons. The average Bonchev–Trinajstić information content (AvgIpc) is 2.74. The fourth-order valence-electron chi connectivity index (χ4n) is 2.72. The van der Waals surface area contributed by atoms with E-state index in [1.165, 1.54) is 37.4 Å². The molecular formula is C21H18ClN3O4S. The number of anilines is 2. The third kappa shape index (κ3) is 4.45. The van der Waals surface area contributed by atoms with Gasteiger partial charge in [-0.25, -0.2) is 8.42 Å². The largest absolute Gasteiger partial charge is 0.366 e. The van der Waals surface area contributed by atoms with Gasteiger partial charge in [-0.15, -0.1) is 0 Å². The Labute approximate surface area is 179 Å². The molecule has 0 aliphatic rings. The Morgan fingerprint density at radius 2 is 1.67 bits per heavy atom. The Morgan fingerprint density at radius 1 is 0.967 bits per heavy atom. The molecule has 0 aliphatic heterocycles. The van der Waals surface area contributed by atoms with Crippen molar-refractivity contribution in [1.29, 1.82) is 0 Å². The number of hydrogen-bond acceptors (Lipinski definition) is 4. The summed E-state index contributed by atoms with van der Waals surface area (Å²) in [6, 6.07) is 18.5. The minimum absolute atomic E-state index is 0.0244. The summed E-state index contributed by atoms with van der Waals surface area (Å²) in [4.78, 5) is 23.9. The van der Waals surface area contributed by atoms with Crippen LogP contribution >= 0.6 is 11.6 Å². The highest BCUT2D eigenvalue weighted by Crippen LogP contribution is 2.26. The first-order valence-electron chi connectivity index (χ1n) is 8.75. The zero-order valence-corrected chi connectivity index (χ0v) is 17.4. The van der Waals surface area contributed by atoms with Crippen LogP contribution in [0.5, 0.6) is 0 Å². The van der Waals surface area contributed by atoms with Crippen LogP contribution in [0.3, 0.4) is 0 Å². The molecule has 0 atom stereocenters. The van der Waals surface area contributed by atoms with Gasteiger partial charge in [-0.1, -0.05) is 35.9 Å². The van der Waals surface area contributed by atoms with E-state index >= 15 is 0 Å². The Hall–Kier alpha value is -3.36. The van der Waals surface area contributed by atoms with Crippen molar-refractivity contribution in [1.82, 2.24) is 0 Å². The lowest BCUT2D eigenvalue weighted by Crippen LogP contribution is -2.27. The van der Waals surface area contributed by atoms with Gasteiger partial charge < -0.3 is 11.1 Å². The van der Waals surface area contributed by atoms with Crippen LogP contribution in [0.2, 0.25) is 5.02 Å². The van der Waals surface area contributed by atoms with E-state index in [2.05, 4.69) is 5.32 Å². The highest BCUT2D eigenvalue weighted by atomic mass is 35.5. The van der Waals surface area contributed by atoms with Gasteiger partial charge in [0.1, 0.15) is 0 Å². The van der Waals surface area contributed by atoms with Crippen molar-refractivity contribution in [3.8, 4) is 0 Å². The lowest BCUT2D eigenvalue weighted by atomic mass is 10.1. The summed E-state index contributed by atoms with van der Waals surface area (Å²) in [7, 11) is -2.50. The van der Waals surface area contributed by atoms with Crippen LogP contribution in [0.15, 0.2) is 77.7 Å². The van der Waals surface area contributed by atoms with Gasteiger partial charge in [0.25, 0.3) is 15.9 Å². The summed E-state index contributed by atoms with van der Waals surface area (Å²) in [5, 5.41) is 2.68. The number of rotatable bonds is 6. The summed E-state index contributed by atoms with van der Waals surface area (Å²) in [5.74, 6) is -1.26. The van der Waals surface area contributed by atoms with Crippen molar-refractivity contribution in [2.24, 2.45) is 5.73 Å². The molecule has 3 N–H and O–H groups in total. The number of para-hydroxylation sites is 1. The highest BCUT2D eigenvalue weighted by molar-refractivity contribution is 7.92. The number of nitrogens with two attached hydrogens (primary N) is 1. The lowest BCUT2D eigenvalue weighted by Gasteiger charge is -2.20. The van der Waals surface area contributed by atoms with E-state index in [9.17, 15) is 18.0 Å². The number of halogens is 1. The number of hydrogen-bond donors (Lipinski definition) is 2. The minimum Gasteiger partial charge on any atom is -0.366 e. The molecule has 3 aromatic carbocycles. The van der Waals surface area contributed by atoms with E-state index < -0.39 is 21.8 Å². The second-order valence-corrected chi connectivity index (χ2v) is 8.73. The van der Waals surface area contributed by atoms with E-state index in [-0.39, 0.29) is 21.0 Å². The van der Waals surface area contributed by atoms with Crippen molar-refractivity contribution in [2.45, 2.75) is 4.90 Å². The summed E-state index contributed by atoms with van der Waals surface area (Å²) in [6.45, 7) is 0. The average molecular weight is 444 g/mol. The minimum atomic E-state index is -3.92. The maximum absolute atomic E-state index is 13.0. The van der Waals surface area contributed by atoms with Crippen LogP contribution < -0.4 is 15.4 Å². The maximum Gasteiger partial charge on any atom is 0.264 e. The van der Waals surface area contributed by atoms with Crippen LogP contribution in [0.1, 0.15) is 20.7 Å². The molecule has 3 rings (SSSR count). The van der Waals surface area contributed by atoms with E-state index in [1.807, 2.05) is 0 Å². The molecule has 0 bridgehead atoms. The Bertz CT molecular complexity index is 1210. The number of benzene rings is 3. The van der Waals surface area contributed by atoms with Gasteiger partial charge in [0, 0.05) is 18.3 Å². The van der Waals surface area contributed by atoms with Crippen LogP contribution in [0, 0.1) is 0 Å². The Morgan fingerprint density at radius 3 is 2.33 bits per heavy atom. The second kappa shape index (κ2) is 8.56. The normalized spacial score (nSPS) is 11.0. The van der Waals surface area contributed by atoms with Crippen LogP contribution in [0.4, 0.5) is 11.4 Å². The van der Waals surface area contributed by atoms with Crippen molar-refractivity contribution in [2.75, 3.05) is 16.7 Å². The van der Waals surface area contributed by atoms with Crippen molar-refractivity contribution < 1.29 is 18.0 Å². The first-order chi connectivity index (χ1) is 14.2. The number of sulfonamides is 1. The molecule has 0 radical (unpaired) electrons. The van der Waals surface area contributed by atoms with E-state index in [1.54, 1.807) is 42.5 Å². The summed E-state index contributed by atoms with van der Waals surface area (Å²) < 4.78 is 27.1. The molecule has 0 spiro atoms. The number of amides is 2.